The Labute approximate surface area is 220 Å². The lowest BCUT2D eigenvalue weighted by molar-refractivity contribution is -0.141. The third kappa shape index (κ3) is 5.77. The van der Waals surface area contributed by atoms with Gasteiger partial charge in [0.25, 0.3) is 5.88 Å². The van der Waals surface area contributed by atoms with Gasteiger partial charge in [-0.3, -0.25) is 19.1 Å². The maximum Gasteiger partial charge on any atom is 0.254 e. The van der Waals surface area contributed by atoms with Crippen LogP contribution in [0.4, 0.5) is 0 Å². The first-order chi connectivity index (χ1) is 18.2. The van der Waals surface area contributed by atoms with Crippen LogP contribution in [0, 0.1) is 5.92 Å². The van der Waals surface area contributed by atoms with Gasteiger partial charge in [-0.1, -0.05) is 38.1 Å². The van der Waals surface area contributed by atoms with E-state index in [1.54, 1.807) is 10.9 Å². The number of aldehydes is 1. The molecule has 1 aromatic carbocycles. The fourth-order valence-electron chi connectivity index (χ4n) is 4.82. The number of benzene rings is 1. The van der Waals surface area contributed by atoms with E-state index in [4.69, 9.17) is 9.26 Å². The van der Waals surface area contributed by atoms with Crippen LogP contribution in [0.3, 0.4) is 0 Å². The number of aromatic nitrogens is 3. The fraction of sp³-hybridized carbons (Fsp3) is 0.444. The van der Waals surface area contributed by atoms with Gasteiger partial charge in [0.1, 0.15) is 18.6 Å². The van der Waals surface area contributed by atoms with Gasteiger partial charge in [0.15, 0.2) is 12.0 Å². The van der Waals surface area contributed by atoms with Crippen molar-refractivity contribution in [2.75, 3.05) is 13.2 Å². The lowest BCUT2D eigenvalue weighted by Crippen LogP contribution is -2.48. The number of hydrogen-bond donors (Lipinski definition) is 2. The Morgan fingerprint density at radius 2 is 1.97 bits per heavy atom. The van der Waals surface area contributed by atoms with Gasteiger partial charge in [0.05, 0.1) is 17.8 Å². The van der Waals surface area contributed by atoms with Crippen molar-refractivity contribution in [3.63, 3.8) is 0 Å². The Morgan fingerprint density at radius 3 is 2.61 bits per heavy atom. The van der Waals surface area contributed by atoms with Crippen LogP contribution < -0.4 is 10.1 Å². The summed E-state index contributed by atoms with van der Waals surface area (Å²) < 4.78 is 12.3. The number of likely N-dealkylation sites (tertiary alicyclic amines) is 1. The van der Waals surface area contributed by atoms with Crippen LogP contribution in [0.1, 0.15) is 50.5 Å². The molecule has 3 aromatic rings. The first-order valence-electron chi connectivity index (χ1n) is 12.6. The molecule has 0 saturated carbocycles. The Bertz CT molecular complexity index is 1270. The Kier molecular flexibility index (Phi) is 8.26. The highest BCUT2D eigenvalue weighted by Crippen LogP contribution is 2.32. The number of nitrogens with one attached hydrogen (secondary N) is 1. The van der Waals surface area contributed by atoms with Gasteiger partial charge >= 0.3 is 0 Å². The largest absolute Gasteiger partial charge is 0.468 e. The Hall–Kier alpha value is -3.99. The van der Waals surface area contributed by atoms with E-state index in [1.807, 2.05) is 58.2 Å². The number of aryl methyl sites for hydroxylation is 1. The molecular formula is C27H33N5O6. The van der Waals surface area contributed by atoms with Gasteiger partial charge in [-0.05, 0) is 35.2 Å². The summed E-state index contributed by atoms with van der Waals surface area (Å²) in [5.41, 5.74) is 2.90. The quantitative estimate of drug-likeness (QED) is 0.386. The third-order valence-corrected chi connectivity index (χ3v) is 6.80. The standard InChI is InChI=1S/C27H33N5O6/c1-16(2)25(23-14-24(30-38-23)37-12-11-33)27(36)32-15-20(34)13-22(32)26(35)29-17(3)18-5-7-19(8-6-18)21-9-10-28-31(21)4/h5-11,14,16-17,20,22,25,34H,12-13,15H2,1-4H3,(H,29,35)/t17-,20+,22-,25+/m0/s1. The zero-order valence-electron chi connectivity index (χ0n) is 21.9. The molecule has 2 N–H and O–H groups in total. The van der Waals surface area contributed by atoms with Crippen molar-refractivity contribution in [1.82, 2.24) is 25.2 Å². The number of amides is 2. The van der Waals surface area contributed by atoms with Crippen LogP contribution in [-0.2, 0) is 21.4 Å². The maximum absolute atomic E-state index is 13.6. The minimum atomic E-state index is -0.830. The number of rotatable bonds is 10. The molecule has 2 aromatic heterocycles. The minimum Gasteiger partial charge on any atom is -0.468 e. The lowest BCUT2D eigenvalue weighted by atomic mass is 9.91. The zero-order valence-corrected chi connectivity index (χ0v) is 21.9. The second-order valence-electron chi connectivity index (χ2n) is 9.86. The Balaban J connectivity index is 1.46. The fourth-order valence-corrected chi connectivity index (χ4v) is 4.82. The Morgan fingerprint density at radius 1 is 1.24 bits per heavy atom. The summed E-state index contributed by atoms with van der Waals surface area (Å²) in [5.74, 6) is -1.24. The van der Waals surface area contributed by atoms with Crippen LogP contribution >= 0.6 is 0 Å². The zero-order chi connectivity index (χ0) is 27.4. The summed E-state index contributed by atoms with van der Waals surface area (Å²) in [6.45, 7) is 5.44. The molecule has 11 nitrogen and oxygen atoms in total. The van der Waals surface area contributed by atoms with E-state index in [0.717, 1.165) is 16.8 Å². The second kappa shape index (κ2) is 11.6. The summed E-state index contributed by atoms with van der Waals surface area (Å²) in [6.07, 6.45) is 1.64. The van der Waals surface area contributed by atoms with Crippen molar-refractivity contribution >= 4 is 18.1 Å². The van der Waals surface area contributed by atoms with Gasteiger partial charge in [0, 0.05) is 32.3 Å². The molecule has 2 amide bonds. The van der Waals surface area contributed by atoms with Crippen LogP contribution in [0.25, 0.3) is 11.3 Å². The predicted octanol–water partition coefficient (Wildman–Crippen LogP) is 2.23. The van der Waals surface area contributed by atoms with E-state index in [2.05, 4.69) is 15.6 Å². The van der Waals surface area contributed by atoms with E-state index in [0.29, 0.717) is 6.29 Å². The average Bonchev–Trinajstić information content (AvgIpc) is 3.62. The molecule has 0 unspecified atom stereocenters. The molecule has 38 heavy (non-hydrogen) atoms. The number of β-amino-alcohol motifs (C(OH)–C–C–N with tert-alkyl or cyclic N) is 1. The molecule has 1 fully saturated rings. The molecule has 1 aliphatic rings. The highest BCUT2D eigenvalue weighted by atomic mass is 16.5. The first kappa shape index (κ1) is 27.1. The molecule has 4 rings (SSSR count). The predicted molar refractivity (Wildman–Crippen MR) is 137 cm³/mol. The number of hydrogen-bond acceptors (Lipinski definition) is 8. The normalized spacial score (nSPS) is 18.8. The molecule has 11 heteroatoms. The van der Waals surface area contributed by atoms with Crippen LogP contribution in [-0.4, -0.2) is 68.3 Å². The van der Waals surface area contributed by atoms with E-state index >= 15 is 0 Å². The van der Waals surface area contributed by atoms with Crippen molar-refractivity contribution in [3.8, 4) is 17.1 Å². The van der Waals surface area contributed by atoms with E-state index < -0.39 is 18.1 Å². The van der Waals surface area contributed by atoms with E-state index in [1.165, 1.54) is 11.0 Å². The van der Waals surface area contributed by atoms with E-state index in [9.17, 15) is 19.5 Å². The van der Waals surface area contributed by atoms with Gasteiger partial charge in [-0.2, -0.15) is 5.10 Å². The molecule has 1 saturated heterocycles. The molecule has 1 aliphatic heterocycles. The number of nitrogens with zero attached hydrogens (tertiary/aromatic N) is 4. The van der Waals surface area contributed by atoms with Crippen molar-refractivity contribution in [2.24, 2.45) is 13.0 Å². The number of carbonyl (C=O) groups is 3. The SMILES string of the molecule is CC(C)[C@@H](C(=O)N1C[C@H](O)C[C@H]1C(=O)N[C@@H](C)c1ccc(-c2ccnn2C)cc1)c1cc(OCC=O)no1. The number of aliphatic hydroxyl groups excluding tert-OH is 1. The van der Waals surface area contributed by atoms with Gasteiger partial charge in [0.2, 0.25) is 11.8 Å². The molecule has 0 radical (unpaired) electrons. The second-order valence-corrected chi connectivity index (χ2v) is 9.86. The summed E-state index contributed by atoms with van der Waals surface area (Å²) in [4.78, 5) is 39.0. The maximum atomic E-state index is 13.6. The minimum absolute atomic E-state index is 0.0382. The van der Waals surface area contributed by atoms with Crippen molar-refractivity contribution in [3.05, 3.63) is 53.9 Å². The van der Waals surface area contributed by atoms with Crippen LogP contribution in [0.5, 0.6) is 5.88 Å². The van der Waals surface area contributed by atoms with Crippen molar-refractivity contribution < 1.29 is 28.8 Å². The topological polar surface area (TPSA) is 140 Å². The van der Waals surface area contributed by atoms with Gasteiger partial charge in [-0.25, -0.2) is 0 Å². The van der Waals surface area contributed by atoms with Gasteiger partial charge < -0.3 is 24.6 Å². The van der Waals surface area contributed by atoms with E-state index in [-0.39, 0.29) is 55.0 Å². The summed E-state index contributed by atoms with van der Waals surface area (Å²) in [7, 11) is 1.88. The number of aliphatic hydroxyl groups is 1. The molecule has 0 bridgehead atoms. The number of ether oxygens (including phenoxy) is 1. The molecule has 3 heterocycles. The number of carbonyl (C=O) groups excluding carboxylic acids is 3. The highest BCUT2D eigenvalue weighted by Gasteiger charge is 2.43. The van der Waals surface area contributed by atoms with Crippen LogP contribution in [0.2, 0.25) is 0 Å². The molecule has 202 valence electrons. The smallest absolute Gasteiger partial charge is 0.254 e. The van der Waals surface area contributed by atoms with Crippen LogP contribution in [0.15, 0.2) is 47.1 Å². The highest BCUT2D eigenvalue weighted by molar-refractivity contribution is 5.91. The lowest BCUT2D eigenvalue weighted by Gasteiger charge is -2.29. The summed E-state index contributed by atoms with van der Waals surface area (Å²) in [5, 5.41) is 21.3. The molecular weight excluding hydrogens is 490 g/mol. The third-order valence-electron chi connectivity index (χ3n) is 6.80. The molecule has 0 aliphatic carbocycles. The summed E-state index contributed by atoms with van der Waals surface area (Å²) in [6, 6.07) is 10.1. The molecule has 4 atom stereocenters. The average molecular weight is 524 g/mol. The van der Waals surface area contributed by atoms with Crippen molar-refractivity contribution in [1.29, 1.82) is 0 Å². The monoisotopic (exact) mass is 523 g/mol. The van der Waals surface area contributed by atoms with Crippen molar-refractivity contribution in [2.45, 2.75) is 51.3 Å². The van der Waals surface area contributed by atoms with Gasteiger partial charge in [-0.15, -0.1) is 0 Å². The summed E-state index contributed by atoms with van der Waals surface area (Å²) >= 11 is 0. The molecule has 0 spiro atoms. The first-order valence-corrected chi connectivity index (χ1v) is 12.6.